The van der Waals surface area contributed by atoms with Crippen molar-refractivity contribution >= 4 is 57.4 Å². The van der Waals surface area contributed by atoms with Crippen molar-refractivity contribution in [3.8, 4) is 0 Å². The van der Waals surface area contributed by atoms with Crippen LogP contribution < -0.4 is 0 Å². The zero-order valence-corrected chi connectivity index (χ0v) is 15.8. The number of rotatable bonds is 3. The molecule has 2 aromatic carbocycles. The van der Waals surface area contributed by atoms with E-state index in [0.29, 0.717) is 10.3 Å². The van der Waals surface area contributed by atoms with E-state index in [1.165, 1.54) is 0 Å². The molecule has 0 fully saturated rings. The Morgan fingerprint density at radius 1 is 0.692 bits per heavy atom. The summed E-state index contributed by atoms with van der Waals surface area (Å²) < 4.78 is 3.87. The molecule has 0 aliphatic carbocycles. The lowest BCUT2D eigenvalue weighted by Gasteiger charge is -1.95. The second kappa shape index (κ2) is 6.63. The summed E-state index contributed by atoms with van der Waals surface area (Å²) in [5.74, 6) is 0. The van der Waals surface area contributed by atoms with Crippen molar-refractivity contribution in [3.05, 3.63) is 70.0 Å². The van der Waals surface area contributed by atoms with Gasteiger partial charge in [-0.15, -0.1) is 0 Å². The van der Waals surface area contributed by atoms with E-state index >= 15 is 0 Å². The first kappa shape index (κ1) is 16.9. The van der Waals surface area contributed by atoms with Crippen LogP contribution in [0.2, 0.25) is 10.3 Å². The summed E-state index contributed by atoms with van der Waals surface area (Å²) in [5, 5.41) is 11.7. The van der Waals surface area contributed by atoms with Crippen molar-refractivity contribution in [1.29, 1.82) is 0 Å². The van der Waals surface area contributed by atoms with Crippen LogP contribution >= 0.6 is 23.2 Å². The van der Waals surface area contributed by atoms with Gasteiger partial charge in [0.05, 0.1) is 12.4 Å². The van der Waals surface area contributed by atoms with Gasteiger partial charge >= 0.3 is 0 Å². The van der Waals surface area contributed by atoms with Crippen molar-refractivity contribution in [3.63, 3.8) is 0 Å². The molecule has 0 saturated carbocycles. The zero-order valence-electron chi connectivity index (χ0n) is 14.3. The maximum Gasteiger partial charge on any atom is 0.118 e. The van der Waals surface area contributed by atoms with Crippen LogP contribution in [0, 0.1) is 0 Å². The normalized spacial score (nSPS) is 12.3. The Kier molecular flexibility index (Phi) is 4.31. The summed E-state index contributed by atoms with van der Waals surface area (Å²) >= 11 is 12.9. The lowest BCUT2D eigenvalue weighted by Crippen LogP contribution is -1.87. The van der Waals surface area contributed by atoms with E-state index in [0.717, 1.165) is 32.9 Å². The van der Waals surface area contributed by atoms with Gasteiger partial charge in [0, 0.05) is 47.0 Å². The van der Waals surface area contributed by atoms with Crippen molar-refractivity contribution < 1.29 is 0 Å². The maximum absolute atomic E-state index is 6.43. The number of benzene rings is 2. The minimum Gasteiger partial charge on any atom is -0.334 e. The standard InChI is InChI=1S/C20H16Cl2N4/c1-25-17-9-5-3-7-13(17)15(19(25)21)11-23-24-12-16-14-8-4-6-10-18(14)26(2)20(16)22/h3-12H,1-2H3/b23-11+,24-12+. The van der Waals surface area contributed by atoms with Gasteiger partial charge in [0.2, 0.25) is 0 Å². The van der Waals surface area contributed by atoms with E-state index in [4.69, 9.17) is 23.2 Å². The molecule has 0 spiro atoms. The number of nitrogens with zero attached hydrogens (tertiary/aromatic N) is 4. The average molecular weight is 383 g/mol. The summed E-state index contributed by atoms with van der Waals surface area (Å²) in [6.45, 7) is 0. The molecule has 0 atom stereocenters. The fourth-order valence-corrected chi connectivity index (χ4v) is 3.69. The second-order valence-electron chi connectivity index (χ2n) is 6.05. The Bertz CT molecular complexity index is 1090. The Morgan fingerprint density at radius 3 is 1.50 bits per heavy atom. The Hall–Kier alpha value is -2.56. The monoisotopic (exact) mass is 382 g/mol. The van der Waals surface area contributed by atoms with Gasteiger partial charge in [-0.3, -0.25) is 0 Å². The lowest BCUT2D eigenvalue weighted by atomic mass is 10.2. The molecular formula is C20H16Cl2N4. The van der Waals surface area contributed by atoms with Crippen LogP contribution in [0.4, 0.5) is 0 Å². The zero-order chi connectivity index (χ0) is 18.3. The van der Waals surface area contributed by atoms with Gasteiger partial charge in [-0.1, -0.05) is 59.6 Å². The topological polar surface area (TPSA) is 34.6 Å². The smallest absolute Gasteiger partial charge is 0.118 e. The summed E-state index contributed by atoms with van der Waals surface area (Å²) in [6, 6.07) is 16.0. The predicted octanol–water partition coefficient (Wildman–Crippen LogP) is 5.43. The van der Waals surface area contributed by atoms with Gasteiger partial charge in [-0.05, 0) is 12.1 Å². The molecule has 0 aliphatic rings. The number of aryl methyl sites for hydroxylation is 2. The Morgan fingerprint density at radius 2 is 1.08 bits per heavy atom. The lowest BCUT2D eigenvalue weighted by molar-refractivity contribution is 0.968. The first-order chi connectivity index (χ1) is 12.6. The molecule has 4 rings (SSSR count). The first-order valence-corrected chi connectivity index (χ1v) is 8.87. The molecule has 26 heavy (non-hydrogen) atoms. The van der Waals surface area contributed by atoms with E-state index in [2.05, 4.69) is 10.2 Å². The van der Waals surface area contributed by atoms with Crippen LogP contribution in [0.3, 0.4) is 0 Å². The van der Waals surface area contributed by atoms with E-state index < -0.39 is 0 Å². The van der Waals surface area contributed by atoms with Crippen molar-refractivity contribution in [2.45, 2.75) is 0 Å². The molecule has 0 unspecified atom stereocenters. The van der Waals surface area contributed by atoms with Crippen LogP contribution in [0.15, 0.2) is 58.7 Å². The molecule has 0 N–H and O–H groups in total. The van der Waals surface area contributed by atoms with Gasteiger partial charge in [0.1, 0.15) is 10.3 Å². The molecule has 4 aromatic rings. The van der Waals surface area contributed by atoms with Crippen LogP contribution in [-0.2, 0) is 14.1 Å². The maximum atomic E-state index is 6.43. The third kappa shape index (κ3) is 2.62. The molecular weight excluding hydrogens is 367 g/mol. The fraction of sp³-hybridized carbons (Fsp3) is 0.100. The van der Waals surface area contributed by atoms with Crippen LogP contribution in [0.1, 0.15) is 11.1 Å². The minimum atomic E-state index is 0.633. The molecule has 0 aliphatic heterocycles. The van der Waals surface area contributed by atoms with Gasteiger partial charge < -0.3 is 9.13 Å². The summed E-state index contributed by atoms with van der Waals surface area (Å²) in [4.78, 5) is 0. The highest BCUT2D eigenvalue weighted by Gasteiger charge is 2.12. The molecule has 4 nitrogen and oxygen atoms in total. The molecule has 0 saturated heterocycles. The van der Waals surface area contributed by atoms with Gasteiger partial charge in [0.15, 0.2) is 0 Å². The first-order valence-electron chi connectivity index (χ1n) is 8.12. The van der Waals surface area contributed by atoms with E-state index in [1.807, 2.05) is 71.8 Å². The number of hydrogen-bond acceptors (Lipinski definition) is 2. The molecule has 0 bridgehead atoms. The fourth-order valence-electron chi connectivity index (χ4n) is 3.21. The highest BCUT2D eigenvalue weighted by Crippen LogP contribution is 2.28. The van der Waals surface area contributed by atoms with Crippen molar-refractivity contribution in [2.24, 2.45) is 24.3 Å². The summed E-state index contributed by atoms with van der Waals surface area (Å²) in [6.07, 6.45) is 3.36. The van der Waals surface area contributed by atoms with Crippen molar-refractivity contribution in [2.75, 3.05) is 0 Å². The number of aromatic nitrogens is 2. The molecule has 2 aromatic heterocycles. The number of fused-ring (bicyclic) bond motifs is 2. The molecule has 6 heteroatoms. The van der Waals surface area contributed by atoms with Gasteiger partial charge in [0.25, 0.3) is 0 Å². The SMILES string of the molecule is Cn1c(Cl)c(/C=N/N=C/c2c(Cl)n(C)c3ccccc23)c2ccccc21. The van der Waals surface area contributed by atoms with E-state index in [9.17, 15) is 0 Å². The summed E-state index contributed by atoms with van der Waals surface area (Å²) in [5.41, 5.74) is 3.82. The number of halogens is 2. The molecule has 2 heterocycles. The molecule has 0 radical (unpaired) electrons. The van der Waals surface area contributed by atoms with E-state index in [-0.39, 0.29) is 0 Å². The molecule has 0 amide bonds. The minimum absolute atomic E-state index is 0.633. The third-order valence-corrected chi connectivity index (χ3v) is 5.50. The van der Waals surface area contributed by atoms with Crippen LogP contribution in [0.25, 0.3) is 21.8 Å². The Labute approximate surface area is 161 Å². The second-order valence-corrected chi connectivity index (χ2v) is 6.77. The highest BCUT2D eigenvalue weighted by molar-refractivity contribution is 6.35. The quantitative estimate of drug-likeness (QED) is 0.334. The van der Waals surface area contributed by atoms with E-state index in [1.54, 1.807) is 12.4 Å². The van der Waals surface area contributed by atoms with Crippen LogP contribution in [0.5, 0.6) is 0 Å². The van der Waals surface area contributed by atoms with Crippen LogP contribution in [-0.4, -0.2) is 21.6 Å². The average Bonchev–Trinajstić information content (AvgIpc) is 3.06. The largest absolute Gasteiger partial charge is 0.334 e. The van der Waals surface area contributed by atoms with Gasteiger partial charge in [-0.2, -0.15) is 10.2 Å². The van der Waals surface area contributed by atoms with Gasteiger partial charge in [-0.25, -0.2) is 0 Å². The third-order valence-electron chi connectivity index (χ3n) is 4.58. The number of para-hydroxylation sites is 2. The highest BCUT2D eigenvalue weighted by atomic mass is 35.5. The number of hydrogen-bond donors (Lipinski definition) is 0. The predicted molar refractivity (Wildman–Crippen MR) is 111 cm³/mol. The molecule has 130 valence electrons. The van der Waals surface area contributed by atoms with Crippen molar-refractivity contribution in [1.82, 2.24) is 9.13 Å². The Balaban J connectivity index is 1.71. The summed E-state index contributed by atoms with van der Waals surface area (Å²) in [7, 11) is 3.86.